The van der Waals surface area contributed by atoms with Crippen molar-refractivity contribution in [1.82, 2.24) is 4.98 Å². The topological polar surface area (TPSA) is 92.9 Å². The maximum atomic E-state index is 14.7. The van der Waals surface area contributed by atoms with E-state index in [1.807, 2.05) is 0 Å². The number of ketones is 1. The molecule has 3 heterocycles. The van der Waals surface area contributed by atoms with Crippen LogP contribution in [0.15, 0.2) is 76.5 Å². The second-order valence-corrected chi connectivity index (χ2v) is 8.09. The van der Waals surface area contributed by atoms with Crippen molar-refractivity contribution >= 4 is 39.9 Å². The van der Waals surface area contributed by atoms with Crippen molar-refractivity contribution in [2.75, 3.05) is 12.0 Å². The van der Waals surface area contributed by atoms with E-state index in [9.17, 15) is 23.5 Å². The largest absolute Gasteiger partial charge is 0.503 e. The quantitative estimate of drug-likeness (QED) is 0.364. The van der Waals surface area contributed by atoms with Crippen LogP contribution in [-0.4, -0.2) is 28.9 Å². The van der Waals surface area contributed by atoms with Crippen LogP contribution in [0, 0.1) is 11.6 Å². The highest BCUT2D eigenvalue weighted by Gasteiger charge is 2.47. The highest BCUT2D eigenvalue weighted by molar-refractivity contribution is 6.31. The Balaban J connectivity index is 1.67. The molecule has 1 N–H and O–H groups in total. The van der Waals surface area contributed by atoms with E-state index in [2.05, 4.69) is 4.98 Å². The Kier molecular flexibility index (Phi) is 5.49. The fraction of sp³-hybridized carbons (Fsp3) is 0.0800. The Labute approximate surface area is 201 Å². The average molecular weight is 497 g/mol. The average Bonchev–Trinajstić information content (AvgIpc) is 3.38. The van der Waals surface area contributed by atoms with Gasteiger partial charge < -0.3 is 14.3 Å². The number of halogens is 3. The van der Waals surface area contributed by atoms with Gasteiger partial charge in [-0.3, -0.25) is 19.5 Å². The Morgan fingerprint density at radius 3 is 2.66 bits per heavy atom. The van der Waals surface area contributed by atoms with Crippen molar-refractivity contribution in [2.45, 2.75) is 6.04 Å². The number of hydrogen-bond donors (Lipinski definition) is 1. The first kappa shape index (κ1) is 22.5. The van der Waals surface area contributed by atoms with Crippen LogP contribution >= 0.6 is 11.6 Å². The van der Waals surface area contributed by atoms with Crippen molar-refractivity contribution in [1.29, 1.82) is 0 Å². The van der Waals surface area contributed by atoms with Crippen LogP contribution in [0.2, 0.25) is 5.02 Å². The Bertz CT molecular complexity index is 1530. The predicted octanol–water partition coefficient (Wildman–Crippen LogP) is 5.55. The highest BCUT2D eigenvalue weighted by atomic mass is 35.5. The predicted molar refractivity (Wildman–Crippen MR) is 123 cm³/mol. The van der Waals surface area contributed by atoms with E-state index in [-0.39, 0.29) is 34.0 Å². The number of hydrogen-bond acceptors (Lipinski definition) is 6. The van der Waals surface area contributed by atoms with Crippen molar-refractivity contribution < 1.29 is 32.6 Å². The number of benzene rings is 2. The number of carbonyl (C=O) groups excluding carboxylic acids is 2. The molecule has 1 unspecified atom stereocenters. The van der Waals surface area contributed by atoms with Crippen molar-refractivity contribution in [3.63, 3.8) is 0 Å². The summed E-state index contributed by atoms with van der Waals surface area (Å²) >= 11 is 6.10. The lowest BCUT2D eigenvalue weighted by Crippen LogP contribution is -2.32. The number of ether oxygens (including phenoxy) is 1. The van der Waals surface area contributed by atoms with Crippen LogP contribution in [0.25, 0.3) is 11.0 Å². The number of aromatic nitrogens is 1. The molecule has 0 aliphatic carbocycles. The Hall–Kier alpha value is -4.24. The van der Waals surface area contributed by atoms with Gasteiger partial charge in [0.1, 0.15) is 17.7 Å². The first-order valence-corrected chi connectivity index (χ1v) is 10.6. The molecule has 1 aliphatic heterocycles. The van der Waals surface area contributed by atoms with Crippen LogP contribution in [0.3, 0.4) is 0 Å². The van der Waals surface area contributed by atoms with Gasteiger partial charge >= 0.3 is 0 Å². The standard InChI is InChI=1S/C25H15ClF2N2O5/c1-34-19-10-13(26)8-12-9-18(35-24(12)19)22(31)20-21(16-4-2-3-7-29-16)30(25(33)23(20)32)17-6-5-14(27)11-15(17)28/h2-11,21,32H,1H3. The molecule has 1 amide bonds. The minimum Gasteiger partial charge on any atom is -0.503 e. The molecule has 0 spiro atoms. The zero-order valence-electron chi connectivity index (χ0n) is 18.0. The van der Waals surface area contributed by atoms with Crippen LogP contribution in [0.1, 0.15) is 22.3 Å². The molecule has 0 saturated heterocycles. The second-order valence-electron chi connectivity index (χ2n) is 7.66. The number of anilines is 1. The molecule has 0 saturated carbocycles. The normalized spacial score (nSPS) is 15.8. The fourth-order valence-corrected chi connectivity index (χ4v) is 4.28. The number of aliphatic hydroxyl groups is 1. The molecule has 35 heavy (non-hydrogen) atoms. The molecule has 7 nitrogen and oxygen atoms in total. The zero-order chi connectivity index (χ0) is 24.9. The van der Waals surface area contributed by atoms with Gasteiger partial charge in [-0.25, -0.2) is 8.78 Å². The summed E-state index contributed by atoms with van der Waals surface area (Å²) < 4.78 is 39.2. The van der Waals surface area contributed by atoms with Gasteiger partial charge in [-0.1, -0.05) is 17.7 Å². The lowest BCUT2D eigenvalue weighted by molar-refractivity contribution is -0.117. The van der Waals surface area contributed by atoms with Gasteiger partial charge in [0, 0.05) is 28.7 Å². The summed E-state index contributed by atoms with van der Waals surface area (Å²) in [5.41, 5.74) is -0.296. The van der Waals surface area contributed by atoms with Crippen molar-refractivity contribution in [2.24, 2.45) is 0 Å². The third-order valence-electron chi connectivity index (χ3n) is 5.58. The number of nitrogens with zero attached hydrogens (tertiary/aromatic N) is 2. The van der Waals surface area contributed by atoms with Gasteiger partial charge in [-0.2, -0.15) is 0 Å². The summed E-state index contributed by atoms with van der Waals surface area (Å²) in [6.45, 7) is 0. The van der Waals surface area contributed by atoms with E-state index < -0.39 is 35.1 Å². The SMILES string of the molecule is COc1cc(Cl)cc2cc(C(=O)C3=C(O)C(=O)N(c4ccc(F)cc4F)C3c3ccccn3)oc12. The third-order valence-corrected chi connectivity index (χ3v) is 5.80. The minimum atomic E-state index is -1.31. The van der Waals surface area contributed by atoms with Crippen LogP contribution in [0.4, 0.5) is 14.5 Å². The highest BCUT2D eigenvalue weighted by Crippen LogP contribution is 2.43. The molecular weight excluding hydrogens is 482 g/mol. The van der Waals surface area contributed by atoms with E-state index in [1.54, 1.807) is 18.2 Å². The fourth-order valence-electron chi connectivity index (χ4n) is 4.06. The number of methoxy groups -OCH3 is 1. The van der Waals surface area contributed by atoms with Crippen molar-refractivity contribution in [3.8, 4) is 5.75 Å². The van der Waals surface area contributed by atoms with E-state index in [0.717, 1.165) is 17.0 Å². The molecule has 0 radical (unpaired) electrons. The van der Waals surface area contributed by atoms with Crippen molar-refractivity contribution in [3.05, 3.63) is 100 Å². The van der Waals surface area contributed by atoms with Gasteiger partial charge in [0.25, 0.3) is 5.91 Å². The van der Waals surface area contributed by atoms with Gasteiger partial charge in [-0.05, 0) is 36.4 Å². The van der Waals surface area contributed by atoms with E-state index >= 15 is 0 Å². The summed E-state index contributed by atoms with van der Waals surface area (Å²) in [5.74, 6) is -4.61. The van der Waals surface area contributed by atoms with Gasteiger partial charge in [0.15, 0.2) is 22.9 Å². The zero-order valence-corrected chi connectivity index (χ0v) is 18.7. The number of pyridine rings is 1. The molecule has 0 bridgehead atoms. The number of Topliss-reactive ketones (excluding diaryl/α,β-unsaturated/α-hetero) is 1. The number of fused-ring (bicyclic) bond motifs is 1. The molecule has 5 rings (SSSR count). The summed E-state index contributed by atoms with van der Waals surface area (Å²) in [5, 5.41) is 11.6. The Morgan fingerprint density at radius 2 is 1.97 bits per heavy atom. The smallest absolute Gasteiger partial charge is 0.294 e. The molecule has 0 fully saturated rings. The van der Waals surface area contributed by atoms with Crippen LogP contribution in [0.5, 0.6) is 5.75 Å². The van der Waals surface area contributed by atoms with E-state index in [4.69, 9.17) is 20.8 Å². The third kappa shape index (κ3) is 3.70. The van der Waals surface area contributed by atoms with Gasteiger partial charge in [0.05, 0.1) is 24.1 Å². The molecular formula is C25H15ClF2N2O5. The summed E-state index contributed by atoms with van der Waals surface area (Å²) in [7, 11) is 1.41. The molecule has 2 aromatic carbocycles. The van der Waals surface area contributed by atoms with E-state index in [0.29, 0.717) is 16.5 Å². The van der Waals surface area contributed by atoms with Crippen LogP contribution < -0.4 is 9.64 Å². The van der Waals surface area contributed by atoms with E-state index in [1.165, 1.54) is 31.5 Å². The number of carbonyl (C=O) groups is 2. The van der Waals surface area contributed by atoms with Crippen LogP contribution in [-0.2, 0) is 4.79 Å². The molecule has 4 aromatic rings. The lowest BCUT2D eigenvalue weighted by atomic mass is 9.98. The molecule has 176 valence electrons. The molecule has 10 heteroatoms. The van der Waals surface area contributed by atoms with Gasteiger partial charge in [0.2, 0.25) is 5.78 Å². The maximum Gasteiger partial charge on any atom is 0.294 e. The molecule has 2 aromatic heterocycles. The first-order valence-electron chi connectivity index (χ1n) is 10.2. The number of rotatable bonds is 5. The monoisotopic (exact) mass is 496 g/mol. The maximum absolute atomic E-state index is 14.7. The lowest BCUT2D eigenvalue weighted by Gasteiger charge is -2.26. The van der Waals surface area contributed by atoms with Gasteiger partial charge in [-0.15, -0.1) is 0 Å². The molecule has 1 atom stereocenters. The second kappa shape index (κ2) is 8.52. The minimum absolute atomic E-state index is 0.175. The molecule has 1 aliphatic rings. The summed E-state index contributed by atoms with van der Waals surface area (Å²) in [6, 6.07) is 10.5. The summed E-state index contributed by atoms with van der Waals surface area (Å²) in [6.07, 6.45) is 1.42. The number of amides is 1. The Morgan fingerprint density at radius 1 is 1.17 bits per heavy atom. The number of aliphatic hydroxyl groups excluding tert-OH is 1. The first-order chi connectivity index (χ1) is 16.8. The number of furan rings is 1. The summed E-state index contributed by atoms with van der Waals surface area (Å²) in [4.78, 5) is 31.8.